The fourth-order valence-electron chi connectivity index (χ4n) is 13.3. The van der Waals surface area contributed by atoms with Gasteiger partial charge in [-0.25, -0.2) is 0 Å². The Morgan fingerprint density at radius 2 is 0.626 bits per heavy atom. The normalized spacial score (nSPS) is 27.8. The van der Waals surface area contributed by atoms with Crippen molar-refractivity contribution in [2.24, 2.45) is 0 Å². The van der Waals surface area contributed by atoms with Crippen LogP contribution in [-0.2, 0) is 33.2 Å². The molecule has 91 heavy (non-hydrogen) atoms. The van der Waals surface area contributed by atoms with E-state index in [0.717, 1.165) is 57.8 Å². The van der Waals surface area contributed by atoms with E-state index >= 15 is 0 Å². The first-order valence-corrected chi connectivity index (χ1v) is 37.8. The van der Waals surface area contributed by atoms with Crippen molar-refractivity contribution in [2.45, 2.75) is 426 Å². The van der Waals surface area contributed by atoms with E-state index in [9.17, 15) is 61.0 Å². The second kappa shape index (κ2) is 54.8. The predicted molar refractivity (Wildman–Crippen MR) is 356 cm³/mol. The minimum atomic E-state index is -1.97. The SMILES string of the molecule is CCCCCCCCCCCCCCCCCCCCCCCCCCCCCCCCCCCCCCCCCCC(=O)NC(COC1OC(CO)C(OC2OC(CO)C(OC3OC(CO)C(O)C(O)C3O)C(O)C2O)C(O)C1O)C(O)CCCCCCCC. The number of nitrogens with one attached hydrogen (secondary N) is 1. The molecule has 3 fully saturated rings. The molecule has 540 valence electrons. The molecule has 12 N–H and O–H groups in total. The van der Waals surface area contributed by atoms with E-state index in [2.05, 4.69) is 19.2 Å². The minimum absolute atomic E-state index is 0.241. The number of aliphatic hydroxyl groups is 11. The molecule has 0 aromatic carbocycles. The first-order chi connectivity index (χ1) is 44.3. The molecule has 0 bridgehead atoms. The van der Waals surface area contributed by atoms with E-state index in [0.29, 0.717) is 12.8 Å². The third kappa shape index (κ3) is 36.3. The van der Waals surface area contributed by atoms with Crippen LogP contribution >= 0.6 is 0 Å². The molecule has 0 aliphatic carbocycles. The lowest BCUT2D eigenvalue weighted by Crippen LogP contribution is -2.66. The molecule has 0 aromatic rings. The molecule has 19 nitrogen and oxygen atoms in total. The third-order valence-corrected chi connectivity index (χ3v) is 19.4. The second-order valence-corrected chi connectivity index (χ2v) is 27.5. The predicted octanol–water partition coefficient (Wildman–Crippen LogP) is 11.1. The van der Waals surface area contributed by atoms with Crippen LogP contribution in [0.5, 0.6) is 0 Å². The Morgan fingerprint density at radius 1 is 0.352 bits per heavy atom. The summed E-state index contributed by atoms with van der Waals surface area (Å²) in [4.78, 5) is 13.3. The van der Waals surface area contributed by atoms with Crippen LogP contribution in [0.25, 0.3) is 0 Å². The number of hydrogen-bond donors (Lipinski definition) is 12. The van der Waals surface area contributed by atoms with Crippen molar-refractivity contribution in [3.05, 3.63) is 0 Å². The Kier molecular flexibility index (Phi) is 50.6. The highest BCUT2D eigenvalue weighted by Gasteiger charge is 2.53. The number of aliphatic hydroxyl groups excluding tert-OH is 11. The van der Waals surface area contributed by atoms with Gasteiger partial charge in [0.2, 0.25) is 5.91 Å². The lowest BCUT2D eigenvalue weighted by Gasteiger charge is -2.48. The maximum absolute atomic E-state index is 13.3. The van der Waals surface area contributed by atoms with E-state index in [1.165, 1.54) is 231 Å². The van der Waals surface area contributed by atoms with Gasteiger partial charge in [0.15, 0.2) is 18.9 Å². The van der Waals surface area contributed by atoms with Crippen molar-refractivity contribution in [3.63, 3.8) is 0 Å². The molecule has 1 amide bonds. The summed E-state index contributed by atoms with van der Waals surface area (Å²) in [7, 11) is 0. The van der Waals surface area contributed by atoms with Gasteiger partial charge in [0.05, 0.1) is 38.6 Å². The molecule has 3 rings (SSSR count). The Bertz CT molecular complexity index is 1650. The van der Waals surface area contributed by atoms with Crippen LogP contribution in [0.15, 0.2) is 0 Å². The molecule has 3 heterocycles. The number of carbonyl (C=O) groups excluding carboxylic acids is 1. The summed E-state index contributed by atoms with van der Waals surface area (Å²) < 4.78 is 34.2. The number of amides is 1. The topological polar surface area (TPSA) is 307 Å². The zero-order valence-electron chi connectivity index (χ0n) is 57.4. The lowest BCUT2D eigenvalue weighted by molar-refractivity contribution is -0.379. The Balaban J connectivity index is 1.20. The molecule has 3 saturated heterocycles. The maximum Gasteiger partial charge on any atom is 0.220 e. The highest BCUT2D eigenvalue weighted by Crippen LogP contribution is 2.33. The fourth-order valence-corrected chi connectivity index (χ4v) is 13.3. The van der Waals surface area contributed by atoms with Crippen LogP contribution in [0.1, 0.15) is 322 Å². The van der Waals surface area contributed by atoms with Gasteiger partial charge >= 0.3 is 0 Å². The number of ether oxygens (including phenoxy) is 6. The molecular weight excluding hydrogens is 1170 g/mol. The highest BCUT2D eigenvalue weighted by molar-refractivity contribution is 5.76. The van der Waals surface area contributed by atoms with Crippen LogP contribution in [0.3, 0.4) is 0 Å². The molecule has 17 atom stereocenters. The number of unbranched alkanes of at least 4 members (excludes halogenated alkanes) is 44. The van der Waals surface area contributed by atoms with Crippen molar-refractivity contribution in [3.8, 4) is 0 Å². The lowest BCUT2D eigenvalue weighted by atomic mass is 9.96. The van der Waals surface area contributed by atoms with Crippen LogP contribution in [-0.4, -0.2) is 193 Å². The Hall–Kier alpha value is -1.21. The molecule has 0 saturated carbocycles. The standard InChI is InChI=1S/C72H139NO18/c1-3-5-7-9-11-12-13-14-15-16-17-18-19-20-21-22-23-24-25-26-27-28-29-30-31-32-33-34-35-36-37-38-39-40-41-42-43-44-46-48-50-60(78)73-55(56(77)49-47-45-10-8-6-4-2)54-86-70-66(84)63(81)68(58(52-75)88-70)91-72-67(85)64(82)69(59(53-76)89-72)90-71-65(83)62(80)61(79)57(51-74)87-71/h55-59,61-72,74-77,79-85H,3-54H2,1-2H3,(H,73,78). The van der Waals surface area contributed by atoms with E-state index in [-0.39, 0.29) is 18.9 Å². The average Bonchev–Trinajstić information content (AvgIpc) is 0.825. The van der Waals surface area contributed by atoms with Crippen molar-refractivity contribution in [1.82, 2.24) is 5.32 Å². The summed E-state index contributed by atoms with van der Waals surface area (Å²) in [5.74, 6) is -0.241. The summed E-state index contributed by atoms with van der Waals surface area (Å²) in [6.07, 6.45) is 34.6. The first-order valence-electron chi connectivity index (χ1n) is 37.8. The third-order valence-electron chi connectivity index (χ3n) is 19.4. The van der Waals surface area contributed by atoms with Gasteiger partial charge in [-0.1, -0.05) is 303 Å². The van der Waals surface area contributed by atoms with Gasteiger partial charge in [-0.05, 0) is 12.8 Å². The maximum atomic E-state index is 13.3. The average molecular weight is 1310 g/mol. The number of carbonyl (C=O) groups is 1. The van der Waals surface area contributed by atoms with E-state index in [4.69, 9.17) is 28.4 Å². The van der Waals surface area contributed by atoms with Gasteiger partial charge < -0.3 is 89.9 Å². The molecule has 3 aliphatic heterocycles. The quantitative estimate of drug-likeness (QED) is 0.0252. The van der Waals surface area contributed by atoms with Crippen LogP contribution in [0, 0.1) is 0 Å². The largest absolute Gasteiger partial charge is 0.394 e. The molecule has 19 heteroatoms. The van der Waals surface area contributed by atoms with Crippen LogP contribution < -0.4 is 5.32 Å². The van der Waals surface area contributed by atoms with Crippen molar-refractivity contribution in [2.75, 3.05) is 26.4 Å². The monoisotopic (exact) mass is 1310 g/mol. The molecular formula is C72H139NO18. The van der Waals surface area contributed by atoms with E-state index in [1.54, 1.807) is 0 Å². The fraction of sp³-hybridized carbons (Fsp3) is 0.986. The minimum Gasteiger partial charge on any atom is -0.394 e. The van der Waals surface area contributed by atoms with Gasteiger partial charge in [-0.15, -0.1) is 0 Å². The summed E-state index contributed by atoms with van der Waals surface area (Å²) in [5.41, 5.74) is 0. The van der Waals surface area contributed by atoms with Crippen LogP contribution in [0.4, 0.5) is 0 Å². The van der Waals surface area contributed by atoms with Gasteiger partial charge in [0.25, 0.3) is 0 Å². The molecule has 3 aliphatic rings. The zero-order chi connectivity index (χ0) is 66.1. The Labute approximate surface area is 551 Å². The summed E-state index contributed by atoms with van der Waals surface area (Å²) in [6.45, 7) is 1.75. The number of hydrogen-bond acceptors (Lipinski definition) is 18. The van der Waals surface area contributed by atoms with Crippen molar-refractivity contribution in [1.29, 1.82) is 0 Å². The molecule has 0 radical (unpaired) electrons. The van der Waals surface area contributed by atoms with Gasteiger partial charge in [0, 0.05) is 6.42 Å². The van der Waals surface area contributed by atoms with Gasteiger partial charge in [-0.2, -0.15) is 0 Å². The molecule has 0 spiro atoms. The highest BCUT2D eigenvalue weighted by atomic mass is 16.8. The van der Waals surface area contributed by atoms with Crippen molar-refractivity contribution >= 4 is 5.91 Å². The Morgan fingerprint density at radius 3 is 0.956 bits per heavy atom. The van der Waals surface area contributed by atoms with Crippen molar-refractivity contribution < 1.29 is 89.4 Å². The van der Waals surface area contributed by atoms with E-state index < -0.39 is 124 Å². The zero-order valence-corrected chi connectivity index (χ0v) is 57.4. The summed E-state index contributed by atoms with van der Waals surface area (Å²) in [6, 6.07) is -0.879. The van der Waals surface area contributed by atoms with Gasteiger partial charge in [-0.3, -0.25) is 4.79 Å². The smallest absolute Gasteiger partial charge is 0.220 e. The summed E-state index contributed by atoms with van der Waals surface area (Å²) >= 11 is 0. The first kappa shape index (κ1) is 84.0. The van der Waals surface area contributed by atoms with Gasteiger partial charge in [0.1, 0.15) is 73.2 Å². The van der Waals surface area contributed by atoms with Crippen LogP contribution in [0.2, 0.25) is 0 Å². The molecule has 0 aromatic heterocycles. The molecule has 17 unspecified atom stereocenters. The second-order valence-electron chi connectivity index (χ2n) is 27.5. The summed E-state index contributed by atoms with van der Waals surface area (Å²) in [5, 5.41) is 120. The number of rotatable bonds is 60. The van der Waals surface area contributed by atoms with E-state index in [1.807, 2.05) is 0 Å².